The molecule has 3 rings (SSSR count). The summed E-state index contributed by atoms with van der Waals surface area (Å²) < 4.78 is 7.46. The standard InChI is InChI=1S/C18H18N2O4/c1-2-7-24-12-4-6-13-15(19)10-20(16(13)9-12)11-3-5-14(18(22)23)17(21)8-11/h3-6,8-10,21H,2,7,19H2,1H3,(H,22,23). The number of aromatic hydroxyl groups is 1. The molecule has 3 aromatic rings. The number of carbonyl (C=O) groups is 1. The van der Waals surface area contributed by atoms with Crippen molar-refractivity contribution in [3.63, 3.8) is 0 Å². The molecule has 0 aliphatic carbocycles. The topological polar surface area (TPSA) is 97.7 Å². The first-order chi connectivity index (χ1) is 11.5. The largest absolute Gasteiger partial charge is 0.507 e. The third-order valence-corrected chi connectivity index (χ3v) is 3.77. The van der Waals surface area contributed by atoms with Gasteiger partial charge in [-0.1, -0.05) is 6.92 Å². The summed E-state index contributed by atoms with van der Waals surface area (Å²) in [4.78, 5) is 11.0. The van der Waals surface area contributed by atoms with Crippen LogP contribution < -0.4 is 10.5 Å². The molecule has 0 bridgehead atoms. The van der Waals surface area contributed by atoms with Crippen LogP contribution in [-0.2, 0) is 0 Å². The lowest BCUT2D eigenvalue weighted by molar-refractivity contribution is 0.0694. The molecule has 6 heteroatoms. The Morgan fingerprint density at radius 1 is 1.25 bits per heavy atom. The predicted octanol–water partition coefficient (Wildman–Crippen LogP) is 3.41. The number of aromatic carboxylic acids is 1. The minimum Gasteiger partial charge on any atom is -0.507 e. The summed E-state index contributed by atoms with van der Waals surface area (Å²) in [7, 11) is 0. The van der Waals surface area contributed by atoms with Gasteiger partial charge in [0.25, 0.3) is 0 Å². The number of anilines is 1. The summed E-state index contributed by atoms with van der Waals surface area (Å²) in [5.41, 5.74) is 7.95. The van der Waals surface area contributed by atoms with Gasteiger partial charge in [-0.05, 0) is 30.7 Å². The molecule has 6 nitrogen and oxygen atoms in total. The molecule has 0 amide bonds. The van der Waals surface area contributed by atoms with Crippen molar-refractivity contribution in [3.05, 3.63) is 48.2 Å². The molecule has 24 heavy (non-hydrogen) atoms. The van der Waals surface area contributed by atoms with Crippen molar-refractivity contribution < 1.29 is 19.7 Å². The Hall–Kier alpha value is -3.15. The third-order valence-electron chi connectivity index (χ3n) is 3.77. The second-order valence-corrected chi connectivity index (χ2v) is 5.49. The van der Waals surface area contributed by atoms with Crippen LogP contribution in [0.3, 0.4) is 0 Å². The quantitative estimate of drug-likeness (QED) is 0.667. The highest BCUT2D eigenvalue weighted by Crippen LogP contribution is 2.31. The second kappa shape index (κ2) is 6.16. The van der Waals surface area contributed by atoms with Crippen molar-refractivity contribution in [2.75, 3.05) is 12.3 Å². The first-order valence-corrected chi connectivity index (χ1v) is 7.61. The van der Waals surface area contributed by atoms with Crippen molar-refractivity contribution in [2.24, 2.45) is 0 Å². The number of carboxylic acid groups (broad SMARTS) is 1. The molecular weight excluding hydrogens is 308 g/mol. The van der Waals surface area contributed by atoms with E-state index in [9.17, 15) is 9.90 Å². The monoisotopic (exact) mass is 326 g/mol. The van der Waals surface area contributed by atoms with E-state index in [1.807, 2.05) is 25.1 Å². The molecule has 0 aliphatic heterocycles. The Morgan fingerprint density at radius 3 is 2.71 bits per heavy atom. The van der Waals surface area contributed by atoms with Crippen molar-refractivity contribution in [2.45, 2.75) is 13.3 Å². The van der Waals surface area contributed by atoms with Gasteiger partial charge < -0.3 is 25.3 Å². The predicted molar refractivity (Wildman–Crippen MR) is 92.1 cm³/mol. The highest BCUT2D eigenvalue weighted by atomic mass is 16.5. The minimum atomic E-state index is -1.17. The lowest BCUT2D eigenvalue weighted by Crippen LogP contribution is -1.99. The molecule has 0 atom stereocenters. The van der Waals surface area contributed by atoms with E-state index in [1.54, 1.807) is 16.8 Å². The molecule has 1 heterocycles. The maximum absolute atomic E-state index is 11.0. The molecule has 1 aromatic heterocycles. The van der Waals surface area contributed by atoms with E-state index < -0.39 is 5.97 Å². The number of benzene rings is 2. The fourth-order valence-electron chi connectivity index (χ4n) is 2.61. The summed E-state index contributed by atoms with van der Waals surface area (Å²) in [5, 5.41) is 19.8. The number of phenols is 1. The van der Waals surface area contributed by atoms with Gasteiger partial charge in [-0.15, -0.1) is 0 Å². The van der Waals surface area contributed by atoms with Crippen molar-refractivity contribution >= 4 is 22.6 Å². The Bertz CT molecular complexity index is 915. The van der Waals surface area contributed by atoms with Gasteiger partial charge in [0.1, 0.15) is 17.1 Å². The van der Waals surface area contributed by atoms with E-state index in [4.69, 9.17) is 15.6 Å². The van der Waals surface area contributed by atoms with Crippen LogP contribution in [0.1, 0.15) is 23.7 Å². The number of hydrogen-bond donors (Lipinski definition) is 3. The molecule has 0 unspecified atom stereocenters. The van der Waals surface area contributed by atoms with Crippen LogP contribution in [0.5, 0.6) is 11.5 Å². The first kappa shape index (κ1) is 15.7. The summed E-state index contributed by atoms with van der Waals surface area (Å²) >= 11 is 0. The Balaban J connectivity index is 2.11. The number of carboxylic acids is 1. The Labute approximate surface area is 138 Å². The van der Waals surface area contributed by atoms with Crippen LogP contribution >= 0.6 is 0 Å². The number of nitrogen functional groups attached to an aromatic ring is 1. The molecule has 0 spiro atoms. The average molecular weight is 326 g/mol. The van der Waals surface area contributed by atoms with Gasteiger partial charge in [0.2, 0.25) is 0 Å². The average Bonchev–Trinajstić information content (AvgIpc) is 2.89. The number of aromatic nitrogens is 1. The number of ether oxygens (including phenoxy) is 1. The number of rotatable bonds is 5. The maximum atomic E-state index is 11.0. The summed E-state index contributed by atoms with van der Waals surface area (Å²) in [6.07, 6.45) is 2.65. The molecule has 0 fully saturated rings. The molecule has 4 N–H and O–H groups in total. The van der Waals surface area contributed by atoms with Gasteiger partial charge in [0, 0.05) is 29.4 Å². The van der Waals surface area contributed by atoms with Gasteiger partial charge in [-0.2, -0.15) is 0 Å². The van der Waals surface area contributed by atoms with Crippen LogP contribution in [0.15, 0.2) is 42.6 Å². The van der Waals surface area contributed by atoms with E-state index in [2.05, 4.69) is 0 Å². The minimum absolute atomic E-state index is 0.143. The molecule has 0 radical (unpaired) electrons. The second-order valence-electron chi connectivity index (χ2n) is 5.49. The highest BCUT2D eigenvalue weighted by molar-refractivity contribution is 5.95. The lowest BCUT2D eigenvalue weighted by atomic mass is 10.1. The van der Waals surface area contributed by atoms with E-state index in [1.165, 1.54) is 12.1 Å². The van der Waals surface area contributed by atoms with Gasteiger partial charge >= 0.3 is 5.97 Å². The smallest absolute Gasteiger partial charge is 0.339 e. The van der Waals surface area contributed by atoms with E-state index in [0.717, 1.165) is 23.1 Å². The van der Waals surface area contributed by atoms with Crippen LogP contribution in [-0.4, -0.2) is 27.4 Å². The first-order valence-electron chi connectivity index (χ1n) is 7.61. The zero-order valence-corrected chi connectivity index (χ0v) is 13.2. The van der Waals surface area contributed by atoms with E-state index in [0.29, 0.717) is 18.0 Å². The van der Waals surface area contributed by atoms with E-state index >= 15 is 0 Å². The number of nitrogens with two attached hydrogens (primary N) is 1. The molecule has 0 saturated heterocycles. The third kappa shape index (κ3) is 2.74. The SMILES string of the molecule is CCCOc1ccc2c(N)cn(-c3ccc(C(=O)O)c(O)c3)c2c1. The van der Waals surface area contributed by atoms with Crippen molar-refractivity contribution in [1.29, 1.82) is 0 Å². The van der Waals surface area contributed by atoms with Gasteiger partial charge in [-0.25, -0.2) is 4.79 Å². The van der Waals surface area contributed by atoms with E-state index in [-0.39, 0.29) is 11.3 Å². The number of nitrogens with zero attached hydrogens (tertiary/aromatic N) is 1. The Kier molecular flexibility index (Phi) is 4.04. The highest BCUT2D eigenvalue weighted by Gasteiger charge is 2.13. The lowest BCUT2D eigenvalue weighted by Gasteiger charge is -2.09. The zero-order valence-electron chi connectivity index (χ0n) is 13.2. The normalized spacial score (nSPS) is 10.9. The van der Waals surface area contributed by atoms with Crippen LogP contribution in [0.2, 0.25) is 0 Å². The zero-order chi connectivity index (χ0) is 17.3. The number of hydrogen-bond acceptors (Lipinski definition) is 4. The molecule has 124 valence electrons. The fourth-order valence-corrected chi connectivity index (χ4v) is 2.61. The van der Waals surface area contributed by atoms with Crippen molar-refractivity contribution in [1.82, 2.24) is 4.57 Å². The van der Waals surface area contributed by atoms with Crippen LogP contribution in [0.25, 0.3) is 16.6 Å². The van der Waals surface area contributed by atoms with Crippen LogP contribution in [0, 0.1) is 0 Å². The van der Waals surface area contributed by atoms with Crippen LogP contribution in [0.4, 0.5) is 5.69 Å². The molecule has 0 aliphatic rings. The van der Waals surface area contributed by atoms with Gasteiger partial charge in [0.15, 0.2) is 0 Å². The molecule has 0 saturated carbocycles. The summed E-state index contributed by atoms with van der Waals surface area (Å²) in [6, 6.07) is 10.0. The van der Waals surface area contributed by atoms with Gasteiger partial charge in [-0.3, -0.25) is 0 Å². The molecular formula is C18H18N2O4. The Morgan fingerprint density at radius 2 is 2.04 bits per heavy atom. The van der Waals surface area contributed by atoms with Crippen molar-refractivity contribution in [3.8, 4) is 17.2 Å². The summed E-state index contributed by atoms with van der Waals surface area (Å²) in [5.74, 6) is -0.736. The fraction of sp³-hybridized carbons (Fsp3) is 0.167. The number of fused-ring (bicyclic) bond motifs is 1. The maximum Gasteiger partial charge on any atom is 0.339 e. The van der Waals surface area contributed by atoms with Gasteiger partial charge in [0.05, 0.1) is 17.8 Å². The molecule has 2 aromatic carbocycles. The summed E-state index contributed by atoms with van der Waals surface area (Å²) in [6.45, 7) is 2.65.